The van der Waals surface area contributed by atoms with Gasteiger partial charge in [0.2, 0.25) is 11.8 Å². The lowest BCUT2D eigenvalue weighted by Gasteiger charge is -2.23. The first-order valence-corrected chi connectivity index (χ1v) is 10.6. The summed E-state index contributed by atoms with van der Waals surface area (Å²) < 4.78 is 28.0. The monoisotopic (exact) mass is 443 g/mol. The molecule has 8 heteroatoms. The zero-order chi connectivity index (χ0) is 22.2. The van der Waals surface area contributed by atoms with Crippen LogP contribution >= 0.6 is 11.3 Å². The van der Waals surface area contributed by atoms with Crippen LogP contribution in [0.3, 0.4) is 0 Å². The predicted octanol–water partition coefficient (Wildman–Crippen LogP) is 4.34. The minimum Gasteiger partial charge on any atom is -0.348 e. The molecule has 3 rings (SSSR count). The Morgan fingerprint density at radius 2 is 1.61 bits per heavy atom. The van der Waals surface area contributed by atoms with E-state index in [4.69, 9.17) is 0 Å². The van der Waals surface area contributed by atoms with Crippen molar-refractivity contribution >= 4 is 28.8 Å². The van der Waals surface area contributed by atoms with E-state index in [1.807, 2.05) is 24.4 Å². The molecule has 0 bridgehead atoms. The van der Waals surface area contributed by atoms with Gasteiger partial charge in [-0.25, -0.2) is 8.78 Å². The SMILES string of the molecule is CC(NC(=O)CN(CC(=O)Nc1ccccc1F)Cc1ccccc1F)c1cccs1. The largest absolute Gasteiger partial charge is 0.348 e. The summed E-state index contributed by atoms with van der Waals surface area (Å²) in [6.45, 7) is 1.60. The molecular formula is C23H23F2N3O2S. The molecule has 31 heavy (non-hydrogen) atoms. The number of carbonyl (C=O) groups is 2. The maximum atomic E-state index is 14.1. The van der Waals surface area contributed by atoms with Crippen LogP contribution in [-0.2, 0) is 16.1 Å². The van der Waals surface area contributed by atoms with Crippen molar-refractivity contribution in [3.05, 3.63) is 88.1 Å². The lowest BCUT2D eigenvalue weighted by atomic mass is 10.2. The van der Waals surface area contributed by atoms with Gasteiger partial charge >= 0.3 is 0 Å². The standard InChI is InChI=1S/C23H23F2N3O2S/c1-16(21-11-6-12-31-21)26-22(29)14-28(13-17-7-2-3-8-18(17)24)15-23(30)27-20-10-5-4-9-19(20)25/h2-12,16H,13-15H2,1H3,(H,26,29)(H,27,30). The van der Waals surface area contributed by atoms with E-state index in [-0.39, 0.29) is 37.3 Å². The summed E-state index contributed by atoms with van der Waals surface area (Å²) in [5.74, 6) is -1.77. The highest BCUT2D eigenvalue weighted by molar-refractivity contribution is 7.10. The number of carbonyl (C=O) groups excluding carboxylic acids is 2. The molecular weight excluding hydrogens is 420 g/mol. The summed E-state index contributed by atoms with van der Waals surface area (Å²) in [5.41, 5.74) is 0.411. The maximum absolute atomic E-state index is 14.1. The van der Waals surface area contributed by atoms with Gasteiger partial charge in [-0.15, -0.1) is 11.3 Å². The minimum atomic E-state index is -0.556. The van der Waals surface area contributed by atoms with Crippen LogP contribution in [0.2, 0.25) is 0 Å². The Hall–Kier alpha value is -3.10. The third-order valence-corrected chi connectivity index (χ3v) is 5.64. The van der Waals surface area contributed by atoms with Gasteiger partial charge in [-0.05, 0) is 36.6 Å². The number of thiophene rings is 1. The topological polar surface area (TPSA) is 61.4 Å². The summed E-state index contributed by atoms with van der Waals surface area (Å²) in [7, 11) is 0. The van der Waals surface area contributed by atoms with Crippen molar-refractivity contribution in [2.75, 3.05) is 18.4 Å². The predicted molar refractivity (Wildman–Crippen MR) is 118 cm³/mol. The van der Waals surface area contributed by atoms with E-state index in [0.29, 0.717) is 5.56 Å². The average Bonchev–Trinajstić information content (AvgIpc) is 3.26. The van der Waals surface area contributed by atoms with E-state index >= 15 is 0 Å². The van der Waals surface area contributed by atoms with Crippen molar-refractivity contribution in [2.24, 2.45) is 0 Å². The maximum Gasteiger partial charge on any atom is 0.238 e. The molecule has 1 aromatic heterocycles. The molecule has 0 radical (unpaired) electrons. The summed E-state index contributed by atoms with van der Waals surface area (Å²) in [4.78, 5) is 27.6. The molecule has 2 aromatic carbocycles. The van der Waals surface area contributed by atoms with Crippen LogP contribution in [0, 0.1) is 11.6 Å². The zero-order valence-electron chi connectivity index (χ0n) is 17.0. The van der Waals surface area contributed by atoms with Crippen LogP contribution in [0.1, 0.15) is 23.4 Å². The molecule has 0 aliphatic rings. The number of amides is 2. The number of nitrogens with one attached hydrogen (secondary N) is 2. The van der Waals surface area contributed by atoms with Gasteiger partial charge in [0.15, 0.2) is 0 Å². The smallest absolute Gasteiger partial charge is 0.238 e. The summed E-state index contributed by atoms with van der Waals surface area (Å²) in [6.07, 6.45) is 0. The first kappa shape index (κ1) is 22.6. The molecule has 162 valence electrons. The molecule has 0 aliphatic heterocycles. The Balaban J connectivity index is 1.68. The Morgan fingerprint density at radius 1 is 0.935 bits per heavy atom. The highest BCUT2D eigenvalue weighted by Crippen LogP contribution is 2.18. The van der Waals surface area contributed by atoms with Gasteiger partial charge < -0.3 is 10.6 Å². The van der Waals surface area contributed by atoms with E-state index in [1.54, 1.807) is 24.3 Å². The fourth-order valence-corrected chi connectivity index (χ4v) is 3.82. The number of hydrogen-bond donors (Lipinski definition) is 2. The van der Waals surface area contributed by atoms with E-state index in [2.05, 4.69) is 10.6 Å². The van der Waals surface area contributed by atoms with Gasteiger partial charge in [0.25, 0.3) is 0 Å². The van der Waals surface area contributed by atoms with Crippen molar-refractivity contribution in [1.82, 2.24) is 10.2 Å². The molecule has 1 heterocycles. The second-order valence-electron chi connectivity index (χ2n) is 7.07. The van der Waals surface area contributed by atoms with E-state index < -0.39 is 17.5 Å². The van der Waals surface area contributed by atoms with Crippen LogP contribution in [0.25, 0.3) is 0 Å². The van der Waals surface area contributed by atoms with Crippen LogP contribution in [0.5, 0.6) is 0 Å². The molecule has 3 aromatic rings. The Bertz CT molecular complexity index is 1030. The quantitative estimate of drug-likeness (QED) is 0.517. The molecule has 2 N–H and O–H groups in total. The van der Waals surface area contributed by atoms with Gasteiger partial charge in [-0.2, -0.15) is 0 Å². The second kappa shape index (κ2) is 10.8. The Morgan fingerprint density at radius 3 is 2.29 bits per heavy atom. The zero-order valence-corrected chi connectivity index (χ0v) is 17.8. The second-order valence-corrected chi connectivity index (χ2v) is 8.05. The Kier molecular flexibility index (Phi) is 7.86. The molecule has 0 saturated carbocycles. The van der Waals surface area contributed by atoms with Gasteiger partial charge in [-0.3, -0.25) is 14.5 Å². The van der Waals surface area contributed by atoms with Crippen LogP contribution < -0.4 is 10.6 Å². The van der Waals surface area contributed by atoms with Gasteiger partial charge in [0.1, 0.15) is 11.6 Å². The number of benzene rings is 2. The van der Waals surface area contributed by atoms with E-state index in [0.717, 1.165) is 4.88 Å². The number of para-hydroxylation sites is 1. The summed E-state index contributed by atoms with van der Waals surface area (Å²) in [5, 5.41) is 7.31. The molecule has 5 nitrogen and oxygen atoms in total. The van der Waals surface area contributed by atoms with Crippen LogP contribution in [0.4, 0.5) is 14.5 Å². The fourth-order valence-electron chi connectivity index (χ4n) is 3.09. The normalized spacial score (nSPS) is 11.9. The van der Waals surface area contributed by atoms with E-state index in [1.165, 1.54) is 40.5 Å². The summed E-state index contributed by atoms with van der Waals surface area (Å²) >= 11 is 1.53. The van der Waals surface area contributed by atoms with Gasteiger partial charge in [-0.1, -0.05) is 36.4 Å². The highest BCUT2D eigenvalue weighted by Gasteiger charge is 2.19. The number of halogens is 2. The van der Waals surface area contributed by atoms with Crippen molar-refractivity contribution in [3.8, 4) is 0 Å². The molecule has 1 unspecified atom stereocenters. The van der Waals surface area contributed by atoms with Gasteiger partial charge in [0, 0.05) is 17.0 Å². The molecule has 0 fully saturated rings. The number of rotatable bonds is 9. The molecule has 0 aliphatic carbocycles. The van der Waals surface area contributed by atoms with Gasteiger partial charge in [0.05, 0.1) is 24.8 Å². The molecule has 0 spiro atoms. The first-order valence-electron chi connectivity index (χ1n) is 9.75. The summed E-state index contributed by atoms with van der Waals surface area (Å²) in [6, 6.07) is 15.7. The number of nitrogens with zero attached hydrogens (tertiary/aromatic N) is 1. The van der Waals surface area contributed by atoms with E-state index in [9.17, 15) is 18.4 Å². The minimum absolute atomic E-state index is 0.0501. The van der Waals surface area contributed by atoms with Crippen LogP contribution in [0.15, 0.2) is 66.0 Å². The molecule has 0 saturated heterocycles. The first-order chi connectivity index (χ1) is 14.9. The molecule has 1 atom stereocenters. The fraction of sp³-hybridized carbons (Fsp3) is 0.217. The lowest BCUT2D eigenvalue weighted by molar-refractivity contribution is -0.124. The third kappa shape index (κ3) is 6.70. The highest BCUT2D eigenvalue weighted by atomic mass is 32.1. The van der Waals surface area contributed by atoms with Crippen molar-refractivity contribution in [2.45, 2.75) is 19.5 Å². The Labute approximate surface area is 183 Å². The van der Waals surface area contributed by atoms with Crippen molar-refractivity contribution < 1.29 is 18.4 Å². The average molecular weight is 444 g/mol. The van der Waals surface area contributed by atoms with Crippen molar-refractivity contribution in [1.29, 1.82) is 0 Å². The third-order valence-electron chi connectivity index (χ3n) is 4.58. The number of anilines is 1. The number of hydrogen-bond acceptors (Lipinski definition) is 4. The molecule has 2 amide bonds. The van der Waals surface area contributed by atoms with Crippen LogP contribution in [-0.4, -0.2) is 29.8 Å². The van der Waals surface area contributed by atoms with Crippen molar-refractivity contribution in [3.63, 3.8) is 0 Å². The lowest BCUT2D eigenvalue weighted by Crippen LogP contribution is -2.41.